The summed E-state index contributed by atoms with van der Waals surface area (Å²) in [6.07, 6.45) is 1.33. The van der Waals surface area contributed by atoms with E-state index in [1.54, 1.807) is 4.57 Å². The summed E-state index contributed by atoms with van der Waals surface area (Å²) in [7, 11) is 0. The second-order valence-corrected chi connectivity index (χ2v) is 5.16. The van der Waals surface area contributed by atoms with E-state index in [0.717, 1.165) is 5.69 Å². The van der Waals surface area contributed by atoms with Crippen molar-refractivity contribution in [3.63, 3.8) is 0 Å². The summed E-state index contributed by atoms with van der Waals surface area (Å²) in [5.74, 6) is 0.529. The molecule has 6 nitrogen and oxygen atoms in total. The first-order chi connectivity index (χ1) is 8.90. The van der Waals surface area contributed by atoms with Gasteiger partial charge in [-0.15, -0.1) is 0 Å². The van der Waals surface area contributed by atoms with Gasteiger partial charge in [0, 0.05) is 12.1 Å². The zero-order chi connectivity index (χ0) is 14.2. The van der Waals surface area contributed by atoms with Crippen LogP contribution in [-0.2, 0) is 0 Å². The summed E-state index contributed by atoms with van der Waals surface area (Å²) >= 11 is 0. The van der Waals surface area contributed by atoms with Crippen molar-refractivity contribution in [2.75, 3.05) is 5.32 Å². The van der Waals surface area contributed by atoms with Gasteiger partial charge in [-0.1, -0.05) is 0 Å². The molecule has 0 atom stereocenters. The molecular formula is C13H19N5O. The fourth-order valence-corrected chi connectivity index (χ4v) is 1.98. The minimum Gasteiger partial charge on any atom is -0.352 e. The molecule has 0 aromatic carbocycles. The van der Waals surface area contributed by atoms with E-state index in [2.05, 4.69) is 20.3 Å². The molecule has 0 fully saturated rings. The summed E-state index contributed by atoms with van der Waals surface area (Å²) < 4.78 is 1.64. The third-order valence-electron chi connectivity index (χ3n) is 2.74. The maximum Gasteiger partial charge on any atom is 0.270 e. The Morgan fingerprint density at radius 3 is 2.47 bits per heavy atom. The second kappa shape index (κ2) is 4.95. The topological polar surface area (TPSA) is 72.7 Å². The maximum atomic E-state index is 11.9. The van der Waals surface area contributed by atoms with Crippen LogP contribution in [0.15, 0.2) is 11.0 Å². The number of rotatable bonds is 3. The summed E-state index contributed by atoms with van der Waals surface area (Å²) in [5, 5.41) is 3.16. The third-order valence-corrected chi connectivity index (χ3v) is 2.74. The van der Waals surface area contributed by atoms with E-state index in [-0.39, 0.29) is 17.6 Å². The number of aromatic nitrogens is 4. The average molecular weight is 261 g/mol. The van der Waals surface area contributed by atoms with Gasteiger partial charge in [0.25, 0.3) is 5.56 Å². The molecule has 0 radical (unpaired) electrons. The lowest BCUT2D eigenvalue weighted by Gasteiger charge is -2.15. The molecule has 0 saturated heterocycles. The van der Waals surface area contributed by atoms with Crippen LogP contribution in [0.4, 0.5) is 5.95 Å². The maximum absolute atomic E-state index is 11.9. The number of nitrogens with one attached hydrogen (secondary N) is 1. The molecule has 6 heteroatoms. The van der Waals surface area contributed by atoms with Crippen LogP contribution in [0.2, 0.25) is 0 Å². The normalized spacial score (nSPS) is 11.5. The van der Waals surface area contributed by atoms with Gasteiger partial charge in [-0.25, -0.2) is 9.97 Å². The largest absolute Gasteiger partial charge is 0.352 e. The Hall–Kier alpha value is -1.98. The SMILES string of the molecule is Cc1nc(NC(C)C)nc2c1ncc(=O)n2C(C)C. The van der Waals surface area contributed by atoms with Gasteiger partial charge in [-0.3, -0.25) is 9.36 Å². The zero-order valence-corrected chi connectivity index (χ0v) is 11.9. The van der Waals surface area contributed by atoms with E-state index in [1.807, 2.05) is 34.6 Å². The predicted molar refractivity (Wildman–Crippen MR) is 75.5 cm³/mol. The first-order valence-corrected chi connectivity index (χ1v) is 6.42. The Morgan fingerprint density at radius 1 is 1.21 bits per heavy atom. The molecule has 0 saturated carbocycles. The van der Waals surface area contributed by atoms with E-state index in [4.69, 9.17) is 0 Å². The van der Waals surface area contributed by atoms with Crippen LogP contribution in [-0.4, -0.2) is 25.6 Å². The fraction of sp³-hybridized carbons (Fsp3) is 0.538. The first kappa shape index (κ1) is 13.5. The number of hydrogen-bond donors (Lipinski definition) is 1. The lowest BCUT2D eigenvalue weighted by molar-refractivity contribution is 0.591. The molecule has 2 aromatic rings. The van der Waals surface area contributed by atoms with Crippen LogP contribution in [0.5, 0.6) is 0 Å². The highest BCUT2D eigenvalue weighted by Gasteiger charge is 2.13. The van der Waals surface area contributed by atoms with Crippen LogP contribution in [0.1, 0.15) is 39.4 Å². The van der Waals surface area contributed by atoms with Crippen molar-refractivity contribution < 1.29 is 0 Å². The smallest absolute Gasteiger partial charge is 0.270 e. The van der Waals surface area contributed by atoms with Crippen molar-refractivity contribution in [2.24, 2.45) is 0 Å². The molecule has 1 N–H and O–H groups in total. The number of aryl methyl sites for hydroxylation is 1. The molecule has 2 heterocycles. The lowest BCUT2D eigenvalue weighted by atomic mass is 10.3. The van der Waals surface area contributed by atoms with Gasteiger partial charge in [0.15, 0.2) is 5.65 Å². The van der Waals surface area contributed by atoms with Gasteiger partial charge in [0.2, 0.25) is 5.95 Å². The number of hydrogen-bond acceptors (Lipinski definition) is 5. The molecule has 0 spiro atoms. The van der Waals surface area contributed by atoms with E-state index >= 15 is 0 Å². The van der Waals surface area contributed by atoms with Crippen molar-refractivity contribution in [1.82, 2.24) is 19.5 Å². The van der Waals surface area contributed by atoms with E-state index in [1.165, 1.54) is 6.20 Å². The molecule has 0 unspecified atom stereocenters. The third kappa shape index (κ3) is 2.57. The molecule has 0 aliphatic rings. The lowest BCUT2D eigenvalue weighted by Crippen LogP contribution is -2.24. The molecule has 19 heavy (non-hydrogen) atoms. The number of nitrogens with zero attached hydrogens (tertiary/aromatic N) is 4. The highest BCUT2D eigenvalue weighted by molar-refractivity contribution is 5.74. The second-order valence-electron chi connectivity index (χ2n) is 5.16. The van der Waals surface area contributed by atoms with E-state index in [0.29, 0.717) is 17.1 Å². The Bertz CT molecular complexity index is 660. The summed E-state index contributed by atoms with van der Waals surface area (Å²) in [5.41, 5.74) is 1.87. The predicted octanol–water partition coefficient (Wildman–Crippen LogP) is 1.90. The Labute approximate surface area is 111 Å². The standard InChI is InChI=1S/C13H19N5O/c1-7(2)15-13-16-9(5)11-12(17-13)18(8(3)4)10(19)6-14-11/h6-8H,1-5H3,(H,15,16,17). The number of anilines is 1. The molecular weight excluding hydrogens is 242 g/mol. The van der Waals surface area contributed by atoms with E-state index in [9.17, 15) is 4.79 Å². The Morgan fingerprint density at radius 2 is 1.89 bits per heavy atom. The van der Waals surface area contributed by atoms with Gasteiger partial charge in [0.05, 0.1) is 11.9 Å². The molecule has 0 aliphatic heterocycles. The van der Waals surface area contributed by atoms with Crippen molar-refractivity contribution in [1.29, 1.82) is 0 Å². The van der Waals surface area contributed by atoms with Gasteiger partial charge < -0.3 is 5.32 Å². The summed E-state index contributed by atoms with van der Waals surface area (Å²) in [4.78, 5) is 24.9. The van der Waals surface area contributed by atoms with Gasteiger partial charge >= 0.3 is 0 Å². The van der Waals surface area contributed by atoms with E-state index < -0.39 is 0 Å². The quantitative estimate of drug-likeness (QED) is 0.913. The van der Waals surface area contributed by atoms with Crippen molar-refractivity contribution in [3.05, 3.63) is 22.2 Å². The van der Waals surface area contributed by atoms with Crippen LogP contribution >= 0.6 is 0 Å². The van der Waals surface area contributed by atoms with Crippen LogP contribution in [0.3, 0.4) is 0 Å². The zero-order valence-electron chi connectivity index (χ0n) is 11.9. The van der Waals surface area contributed by atoms with Crippen LogP contribution in [0, 0.1) is 6.92 Å². The van der Waals surface area contributed by atoms with Crippen molar-refractivity contribution >= 4 is 17.1 Å². The molecule has 0 amide bonds. The monoisotopic (exact) mass is 261 g/mol. The Kier molecular flexibility index (Phi) is 3.50. The molecule has 0 bridgehead atoms. The highest BCUT2D eigenvalue weighted by atomic mass is 16.1. The minimum absolute atomic E-state index is 0.0270. The van der Waals surface area contributed by atoms with Gasteiger partial charge in [-0.2, -0.15) is 4.98 Å². The molecule has 2 aromatic heterocycles. The summed E-state index contributed by atoms with van der Waals surface area (Å²) in [6.45, 7) is 9.81. The highest BCUT2D eigenvalue weighted by Crippen LogP contribution is 2.16. The fourth-order valence-electron chi connectivity index (χ4n) is 1.98. The Balaban J connectivity index is 2.76. The van der Waals surface area contributed by atoms with Crippen molar-refractivity contribution in [3.8, 4) is 0 Å². The van der Waals surface area contributed by atoms with Gasteiger partial charge in [0.1, 0.15) is 5.52 Å². The number of fused-ring (bicyclic) bond motifs is 1. The molecule has 102 valence electrons. The average Bonchev–Trinajstić information content (AvgIpc) is 2.26. The minimum atomic E-state index is -0.143. The van der Waals surface area contributed by atoms with Crippen molar-refractivity contribution in [2.45, 2.75) is 46.7 Å². The molecule has 2 rings (SSSR count). The summed E-state index contributed by atoms with van der Waals surface area (Å²) in [6, 6.07) is 0.256. The van der Waals surface area contributed by atoms with Crippen LogP contribution in [0.25, 0.3) is 11.2 Å². The van der Waals surface area contributed by atoms with Crippen LogP contribution < -0.4 is 10.9 Å². The molecule has 0 aliphatic carbocycles. The van der Waals surface area contributed by atoms with Gasteiger partial charge in [-0.05, 0) is 34.6 Å². The first-order valence-electron chi connectivity index (χ1n) is 6.42.